The molecule has 2 aromatic rings. The number of amides is 1. The van der Waals surface area contributed by atoms with Gasteiger partial charge in [-0.05, 0) is 18.3 Å². The van der Waals surface area contributed by atoms with E-state index in [0.717, 1.165) is 21.3 Å². The van der Waals surface area contributed by atoms with Gasteiger partial charge < -0.3 is 9.64 Å². The van der Waals surface area contributed by atoms with Crippen LogP contribution in [0.4, 0.5) is 4.39 Å². The van der Waals surface area contributed by atoms with Crippen molar-refractivity contribution in [2.75, 3.05) is 14.1 Å². The molecule has 11 heteroatoms. The molecule has 0 N–H and O–H groups in total. The van der Waals surface area contributed by atoms with E-state index < -0.39 is 22.8 Å². The molecule has 1 aromatic heterocycles. The standard InChI is InChI=1S/C17H18ClFN4O4S/c1-20(2)13(24)17(5-6-17)27-12-8-11(10(19)7-9(12)18)23-14(25)21(3)16(28)22(4)15(23)26/h7-8H,5-6H2,1-4H3. The van der Waals surface area contributed by atoms with Crippen molar-refractivity contribution in [3.8, 4) is 11.4 Å². The number of carbonyl (C=O) groups excluding carboxylic acids is 1. The Hall–Kier alpha value is -2.46. The summed E-state index contributed by atoms with van der Waals surface area (Å²) in [4.78, 5) is 38.9. The monoisotopic (exact) mass is 428 g/mol. The second-order valence-corrected chi connectivity index (χ2v) is 7.60. The van der Waals surface area contributed by atoms with E-state index in [-0.39, 0.29) is 27.1 Å². The van der Waals surface area contributed by atoms with Crippen LogP contribution >= 0.6 is 23.8 Å². The SMILES string of the molecule is CN(C)C(=O)C1(Oc2cc(-n3c(=O)n(C)c(=S)n(C)c3=O)c(F)cc2Cl)CC1. The number of halogens is 2. The van der Waals surface area contributed by atoms with Crippen LogP contribution in [0.1, 0.15) is 12.8 Å². The number of ether oxygens (including phenoxy) is 1. The van der Waals surface area contributed by atoms with Gasteiger partial charge in [-0.25, -0.2) is 18.5 Å². The van der Waals surface area contributed by atoms with Gasteiger partial charge in [0.15, 0.2) is 10.4 Å². The van der Waals surface area contributed by atoms with Gasteiger partial charge in [-0.2, -0.15) is 0 Å². The maximum Gasteiger partial charge on any atom is 0.338 e. The first kappa shape index (κ1) is 20.3. The highest BCUT2D eigenvalue weighted by molar-refractivity contribution is 7.71. The van der Waals surface area contributed by atoms with Crippen molar-refractivity contribution in [1.29, 1.82) is 0 Å². The molecule has 1 aliphatic carbocycles. The molecule has 0 aliphatic heterocycles. The van der Waals surface area contributed by atoms with Gasteiger partial charge in [0.05, 0.1) is 10.7 Å². The topological polar surface area (TPSA) is 78.5 Å². The van der Waals surface area contributed by atoms with E-state index in [1.54, 1.807) is 14.1 Å². The van der Waals surface area contributed by atoms with Gasteiger partial charge in [0.25, 0.3) is 5.91 Å². The molecule has 1 heterocycles. The van der Waals surface area contributed by atoms with Crippen LogP contribution in [0.3, 0.4) is 0 Å². The van der Waals surface area contributed by atoms with Gasteiger partial charge in [0, 0.05) is 47.1 Å². The third-order valence-electron chi connectivity index (χ3n) is 4.58. The molecule has 1 saturated carbocycles. The molecule has 0 unspecified atom stereocenters. The lowest BCUT2D eigenvalue weighted by Crippen LogP contribution is -2.44. The third-order valence-corrected chi connectivity index (χ3v) is 5.42. The highest BCUT2D eigenvalue weighted by Crippen LogP contribution is 2.44. The van der Waals surface area contributed by atoms with Crippen LogP contribution < -0.4 is 16.1 Å². The van der Waals surface area contributed by atoms with Gasteiger partial charge in [-0.15, -0.1) is 0 Å². The number of rotatable bonds is 4. The average molecular weight is 429 g/mol. The van der Waals surface area contributed by atoms with E-state index in [1.165, 1.54) is 19.0 Å². The second kappa shape index (κ2) is 6.85. The van der Waals surface area contributed by atoms with Crippen molar-refractivity contribution in [3.63, 3.8) is 0 Å². The Morgan fingerprint density at radius 1 is 1.21 bits per heavy atom. The fourth-order valence-electron chi connectivity index (χ4n) is 2.84. The number of aromatic nitrogens is 3. The molecule has 0 bridgehead atoms. The number of benzene rings is 1. The zero-order chi connectivity index (χ0) is 21.0. The van der Waals surface area contributed by atoms with Crippen molar-refractivity contribution in [2.24, 2.45) is 14.1 Å². The highest BCUT2D eigenvalue weighted by atomic mass is 35.5. The minimum absolute atomic E-state index is 0.00447. The van der Waals surface area contributed by atoms with Crippen LogP contribution in [0.2, 0.25) is 5.02 Å². The fourth-order valence-corrected chi connectivity index (χ4v) is 3.18. The molecular formula is C17H18ClFN4O4S. The molecule has 1 aromatic carbocycles. The molecule has 1 aliphatic rings. The zero-order valence-electron chi connectivity index (χ0n) is 15.7. The number of hydrogen-bond donors (Lipinski definition) is 0. The van der Waals surface area contributed by atoms with Gasteiger partial charge in [-0.1, -0.05) is 11.6 Å². The first-order valence-electron chi connectivity index (χ1n) is 8.29. The molecule has 1 amide bonds. The van der Waals surface area contributed by atoms with Crippen molar-refractivity contribution < 1.29 is 13.9 Å². The number of carbonyl (C=O) groups is 1. The Balaban J connectivity index is 2.18. The molecule has 0 radical (unpaired) electrons. The van der Waals surface area contributed by atoms with Crippen LogP contribution in [0.5, 0.6) is 5.75 Å². The first-order valence-corrected chi connectivity index (χ1v) is 9.08. The van der Waals surface area contributed by atoms with Gasteiger partial charge >= 0.3 is 11.4 Å². The summed E-state index contributed by atoms with van der Waals surface area (Å²) in [7, 11) is 5.95. The summed E-state index contributed by atoms with van der Waals surface area (Å²) in [5, 5.41) is -0.0757. The zero-order valence-corrected chi connectivity index (χ0v) is 17.2. The van der Waals surface area contributed by atoms with Gasteiger partial charge in [0.1, 0.15) is 11.6 Å². The summed E-state index contributed by atoms with van der Waals surface area (Å²) in [5.74, 6) is -1.13. The number of hydrogen-bond acceptors (Lipinski definition) is 5. The lowest BCUT2D eigenvalue weighted by Gasteiger charge is -2.22. The van der Waals surface area contributed by atoms with E-state index in [9.17, 15) is 18.8 Å². The summed E-state index contributed by atoms with van der Waals surface area (Å²) < 4.78 is 23.1. The fraction of sp³-hybridized carbons (Fsp3) is 0.412. The quantitative estimate of drug-likeness (QED) is 0.688. The van der Waals surface area contributed by atoms with E-state index in [2.05, 4.69) is 0 Å². The first-order chi connectivity index (χ1) is 13.0. The molecule has 0 saturated heterocycles. The van der Waals surface area contributed by atoms with Gasteiger partial charge in [0.2, 0.25) is 0 Å². The van der Waals surface area contributed by atoms with Crippen LogP contribution in [-0.4, -0.2) is 44.2 Å². The Morgan fingerprint density at radius 2 is 1.75 bits per heavy atom. The lowest BCUT2D eigenvalue weighted by molar-refractivity contribution is -0.138. The maximum absolute atomic E-state index is 14.6. The number of likely N-dealkylation sites (N-methyl/N-ethyl adjacent to an activating group) is 1. The molecule has 8 nitrogen and oxygen atoms in total. The average Bonchev–Trinajstić information content (AvgIpc) is 3.42. The second-order valence-electron chi connectivity index (χ2n) is 6.83. The predicted molar refractivity (Wildman–Crippen MR) is 103 cm³/mol. The molecule has 28 heavy (non-hydrogen) atoms. The van der Waals surface area contributed by atoms with Crippen LogP contribution in [0, 0.1) is 10.6 Å². The largest absolute Gasteiger partial charge is 0.476 e. The Bertz CT molecular complexity index is 1120. The lowest BCUT2D eigenvalue weighted by atomic mass is 10.2. The van der Waals surface area contributed by atoms with E-state index in [1.807, 2.05) is 0 Å². The van der Waals surface area contributed by atoms with Crippen molar-refractivity contribution in [2.45, 2.75) is 18.4 Å². The summed E-state index contributed by atoms with van der Waals surface area (Å²) in [6.45, 7) is 0. The normalized spacial score (nSPS) is 14.6. The smallest absolute Gasteiger partial charge is 0.338 e. The Labute approximate surface area is 169 Å². The predicted octanol–water partition coefficient (Wildman–Crippen LogP) is 1.40. The molecular weight excluding hydrogens is 411 g/mol. The molecule has 1 fully saturated rings. The minimum atomic E-state index is -1.08. The van der Waals surface area contributed by atoms with Crippen molar-refractivity contribution in [3.05, 3.63) is 48.7 Å². The summed E-state index contributed by atoms with van der Waals surface area (Å²) in [6.07, 6.45) is 0.961. The van der Waals surface area contributed by atoms with Crippen LogP contribution in [-0.2, 0) is 18.9 Å². The van der Waals surface area contributed by atoms with Crippen LogP contribution in [0.25, 0.3) is 5.69 Å². The molecule has 150 valence electrons. The van der Waals surface area contributed by atoms with E-state index in [0.29, 0.717) is 17.4 Å². The summed E-state index contributed by atoms with van der Waals surface area (Å²) >= 11 is 11.1. The van der Waals surface area contributed by atoms with E-state index in [4.69, 9.17) is 28.6 Å². The molecule has 0 spiro atoms. The van der Waals surface area contributed by atoms with Crippen molar-refractivity contribution >= 4 is 29.7 Å². The minimum Gasteiger partial charge on any atom is -0.476 e. The highest BCUT2D eigenvalue weighted by Gasteiger charge is 2.54. The Morgan fingerprint density at radius 3 is 2.21 bits per heavy atom. The van der Waals surface area contributed by atoms with Crippen molar-refractivity contribution in [1.82, 2.24) is 18.6 Å². The summed E-state index contributed by atoms with van der Waals surface area (Å²) in [5.41, 5.74) is -3.05. The van der Waals surface area contributed by atoms with E-state index >= 15 is 0 Å². The third kappa shape index (κ3) is 3.16. The number of nitrogens with zero attached hydrogens (tertiary/aromatic N) is 4. The van der Waals surface area contributed by atoms with Gasteiger partial charge in [-0.3, -0.25) is 13.9 Å². The molecule has 3 rings (SSSR count). The maximum atomic E-state index is 14.6. The molecule has 0 atom stereocenters. The summed E-state index contributed by atoms with van der Waals surface area (Å²) in [6, 6.07) is 2.09. The van der Waals surface area contributed by atoms with Crippen LogP contribution in [0.15, 0.2) is 21.7 Å². The Kier molecular flexibility index (Phi) is 4.96.